The molecule has 6 aromatic rings. The van der Waals surface area contributed by atoms with Gasteiger partial charge in [0, 0.05) is 21.9 Å². The predicted octanol–water partition coefficient (Wildman–Crippen LogP) is 8.64. The minimum Gasteiger partial charge on any atom is -0.354 e. The molecule has 0 aliphatic carbocycles. The summed E-state index contributed by atoms with van der Waals surface area (Å²) in [5.41, 5.74) is 6.56. The lowest BCUT2D eigenvalue weighted by Gasteiger charge is -2.15. The molecule has 0 spiro atoms. The van der Waals surface area contributed by atoms with Gasteiger partial charge in [0.25, 0.3) is 0 Å². The molecule has 0 saturated heterocycles. The van der Waals surface area contributed by atoms with Gasteiger partial charge in [-0.1, -0.05) is 86.1 Å². The van der Waals surface area contributed by atoms with E-state index in [4.69, 9.17) is 0 Å². The summed E-state index contributed by atoms with van der Waals surface area (Å²) in [4.78, 5) is 3.71. The first-order valence-corrected chi connectivity index (χ1v) is 11.3. The van der Waals surface area contributed by atoms with E-state index in [1.165, 1.54) is 72.9 Å². The fourth-order valence-corrected chi connectivity index (χ4v) is 5.05. The first kappa shape index (κ1) is 18.2. The number of H-pyrrole nitrogens is 1. The van der Waals surface area contributed by atoms with Crippen molar-refractivity contribution in [3.8, 4) is 11.1 Å². The summed E-state index contributed by atoms with van der Waals surface area (Å²) in [5, 5.41) is 7.93. The molecular formula is C30H25N. The third-order valence-electron chi connectivity index (χ3n) is 6.61. The number of rotatable bonds is 4. The molecule has 0 atom stereocenters. The monoisotopic (exact) mass is 399 g/mol. The van der Waals surface area contributed by atoms with Crippen LogP contribution in [-0.4, -0.2) is 4.98 Å². The van der Waals surface area contributed by atoms with Gasteiger partial charge in [0.1, 0.15) is 0 Å². The van der Waals surface area contributed by atoms with Crippen LogP contribution in [0.2, 0.25) is 0 Å². The average Bonchev–Trinajstić information content (AvgIpc) is 3.20. The van der Waals surface area contributed by atoms with Crippen LogP contribution in [0.15, 0.2) is 91.0 Å². The van der Waals surface area contributed by atoms with Crippen LogP contribution in [-0.2, 0) is 6.42 Å². The molecule has 1 N–H and O–H groups in total. The molecule has 0 fully saturated rings. The Morgan fingerprint density at radius 1 is 0.613 bits per heavy atom. The maximum Gasteiger partial charge on any atom is 0.0544 e. The first-order chi connectivity index (χ1) is 15.3. The van der Waals surface area contributed by atoms with Crippen LogP contribution >= 0.6 is 0 Å². The van der Waals surface area contributed by atoms with Crippen molar-refractivity contribution in [1.29, 1.82) is 0 Å². The summed E-state index contributed by atoms with van der Waals surface area (Å²) in [7, 11) is 0. The number of aromatic nitrogens is 1. The van der Waals surface area contributed by atoms with Gasteiger partial charge < -0.3 is 4.98 Å². The zero-order valence-corrected chi connectivity index (χ0v) is 17.8. The number of nitrogens with one attached hydrogen (secondary N) is 1. The second-order valence-corrected chi connectivity index (χ2v) is 8.51. The van der Waals surface area contributed by atoms with Crippen LogP contribution in [0.5, 0.6) is 0 Å². The Kier molecular flexibility index (Phi) is 4.28. The van der Waals surface area contributed by atoms with Gasteiger partial charge in [-0.05, 0) is 63.7 Å². The molecule has 1 aromatic heterocycles. The van der Waals surface area contributed by atoms with Gasteiger partial charge in [-0.2, -0.15) is 0 Å². The molecule has 150 valence electrons. The number of para-hydroxylation sites is 2. The lowest BCUT2D eigenvalue weighted by molar-refractivity contribution is 0.800. The topological polar surface area (TPSA) is 15.8 Å². The zero-order chi connectivity index (χ0) is 20.8. The zero-order valence-electron chi connectivity index (χ0n) is 17.8. The summed E-state index contributed by atoms with van der Waals surface area (Å²) in [5.74, 6) is 0. The van der Waals surface area contributed by atoms with Crippen molar-refractivity contribution in [2.24, 2.45) is 0 Å². The van der Waals surface area contributed by atoms with Crippen molar-refractivity contribution in [1.82, 2.24) is 4.98 Å². The molecule has 0 amide bonds. The molecule has 0 aliphatic heterocycles. The van der Waals surface area contributed by atoms with Gasteiger partial charge >= 0.3 is 0 Å². The van der Waals surface area contributed by atoms with Crippen LogP contribution in [0.4, 0.5) is 0 Å². The van der Waals surface area contributed by atoms with Crippen molar-refractivity contribution >= 4 is 43.4 Å². The number of hydrogen-bond acceptors (Lipinski definition) is 0. The highest BCUT2D eigenvalue weighted by Gasteiger charge is 2.15. The Bertz CT molecular complexity index is 1570. The molecule has 1 heterocycles. The Morgan fingerprint density at radius 2 is 1.39 bits per heavy atom. The fraction of sp³-hybridized carbons (Fsp3) is 0.133. The van der Waals surface area contributed by atoms with Crippen molar-refractivity contribution in [3.05, 3.63) is 96.6 Å². The van der Waals surface area contributed by atoms with E-state index in [9.17, 15) is 0 Å². The predicted molar refractivity (Wildman–Crippen MR) is 135 cm³/mol. The molecule has 1 nitrogen and oxygen atoms in total. The molecule has 6 rings (SSSR count). The second kappa shape index (κ2) is 7.28. The van der Waals surface area contributed by atoms with E-state index < -0.39 is 0 Å². The Morgan fingerprint density at radius 3 is 2.26 bits per heavy atom. The van der Waals surface area contributed by atoms with Crippen LogP contribution < -0.4 is 0 Å². The number of hydrogen-bond donors (Lipinski definition) is 1. The molecule has 31 heavy (non-hydrogen) atoms. The Balaban J connectivity index is 1.67. The van der Waals surface area contributed by atoms with Gasteiger partial charge in [-0.3, -0.25) is 0 Å². The van der Waals surface area contributed by atoms with Crippen LogP contribution in [0.25, 0.3) is 54.5 Å². The molecular weight excluding hydrogens is 374 g/mol. The maximum absolute atomic E-state index is 3.71. The highest BCUT2D eigenvalue weighted by molar-refractivity contribution is 6.13. The number of aryl methyl sites for hydroxylation is 1. The van der Waals surface area contributed by atoms with Crippen molar-refractivity contribution in [2.45, 2.75) is 26.2 Å². The molecule has 0 radical (unpaired) electrons. The number of benzene rings is 5. The Labute approximate surface area is 182 Å². The molecule has 0 unspecified atom stereocenters. The van der Waals surface area contributed by atoms with Crippen LogP contribution in [0, 0.1) is 0 Å². The average molecular weight is 400 g/mol. The summed E-state index contributed by atoms with van der Waals surface area (Å²) in [6, 6.07) is 33.4. The fourth-order valence-electron chi connectivity index (χ4n) is 5.05. The van der Waals surface area contributed by atoms with Crippen molar-refractivity contribution in [3.63, 3.8) is 0 Å². The molecule has 1 heteroatoms. The van der Waals surface area contributed by atoms with E-state index >= 15 is 0 Å². The highest BCUT2D eigenvalue weighted by atomic mass is 14.7. The van der Waals surface area contributed by atoms with E-state index in [0.29, 0.717) is 0 Å². The molecule has 0 aliphatic rings. The summed E-state index contributed by atoms with van der Waals surface area (Å²) in [6.45, 7) is 2.28. The quantitative estimate of drug-likeness (QED) is 0.285. The van der Waals surface area contributed by atoms with Gasteiger partial charge in [0.15, 0.2) is 0 Å². The van der Waals surface area contributed by atoms with E-state index in [1.54, 1.807) is 0 Å². The SMILES string of the molecule is CCCCc1c(-c2cccc3c2[nH]c2ccccc23)ccc2cc3ccccc3cc12. The summed E-state index contributed by atoms with van der Waals surface area (Å²) < 4.78 is 0. The van der Waals surface area contributed by atoms with Crippen molar-refractivity contribution in [2.75, 3.05) is 0 Å². The lowest BCUT2D eigenvalue weighted by atomic mass is 9.89. The molecule has 0 saturated carbocycles. The van der Waals surface area contributed by atoms with Crippen molar-refractivity contribution < 1.29 is 0 Å². The minimum absolute atomic E-state index is 1.10. The number of aromatic amines is 1. The smallest absolute Gasteiger partial charge is 0.0544 e. The summed E-state index contributed by atoms with van der Waals surface area (Å²) >= 11 is 0. The van der Waals surface area contributed by atoms with E-state index in [1.807, 2.05) is 0 Å². The van der Waals surface area contributed by atoms with E-state index in [2.05, 4.69) is 103 Å². The largest absolute Gasteiger partial charge is 0.354 e. The van der Waals surface area contributed by atoms with Crippen LogP contribution in [0.1, 0.15) is 25.3 Å². The second-order valence-electron chi connectivity index (χ2n) is 8.51. The highest BCUT2D eigenvalue weighted by Crippen LogP contribution is 2.38. The van der Waals surface area contributed by atoms with Gasteiger partial charge in [0.05, 0.1) is 5.52 Å². The number of unbranched alkanes of at least 4 members (excludes halogenated alkanes) is 1. The minimum atomic E-state index is 1.10. The third kappa shape index (κ3) is 2.92. The normalized spacial score (nSPS) is 11.8. The van der Waals surface area contributed by atoms with Gasteiger partial charge in [-0.25, -0.2) is 0 Å². The van der Waals surface area contributed by atoms with Gasteiger partial charge in [-0.15, -0.1) is 0 Å². The van der Waals surface area contributed by atoms with E-state index in [0.717, 1.165) is 6.42 Å². The standard InChI is InChI=1S/C30H25N/c1-2-3-11-23-24(17-16-22-18-20-9-4-5-10-21(20)19-28(22)23)26-13-8-14-27-25-12-6-7-15-29(25)31-30(26)27/h4-10,12-19,31H,2-3,11H2,1H3. The van der Waals surface area contributed by atoms with Crippen LogP contribution in [0.3, 0.4) is 0 Å². The molecule has 5 aromatic carbocycles. The summed E-state index contributed by atoms with van der Waals surface area (Å²) in [6.07, 6.45) is 3.49. The third-order valence-corrected chi connectivity index (χ3v) is 6.61. The van der Waals surface area contributed by atoms with E-state index in [-0.39, 0.29) is 0 Å². The van der Waals surface area contributed by atoms with Gasteiger partial charge in [0.2, 0.25) is 0 Å². The lowest BCUT2D eigenvalue weighted by Crippen LogP contribution is -1.94. The Hall–Kier alpha value is -3.58. The maximum atomic E-state index is 3.71. The first-order valence-electron chi connectivity index (χ1n) is 11.3. The molecule has 0 bridgehead atoms. The number of fused-ring (bicyclic) bond motifs is 5.